The van der Waals surface area contributed by atoms with Crippen LogP contribution in [0.25, 0.3) is 0 Å². The number of rotatable bonds is 1. The molecule has 2 aliphatic rings. The number of carboxylic acids is 1. The maximum Gasteiger partial charge on any atom is 0.320 e. The average molecular weight is 270 g/mol. The Morgan fingerprint density at radius 1 is 1.24 bits per heavy atom. The molecule has 8 heteroatoms. The molecule has 1 saturated heterocycles. The van der Waals surface area contributed by atoms with Gasteiger partial charge in [-0.25, -0.2) is 0 Å². The van der Waals surface area contributed by atoms with Crippen LogP contribution in [0.2, 0.25) is 0 Å². The molecule has 2 unspecified atom stereocenters. The van der Waals surface area contributed by atoms with Gasteiger partial charge < -0.3 is 10.4 Å². The smallest absolute Gasteiger partial charge is 0.320 e. The summed E-state index contributed by atoms with van der Waals surface area (Å²) in [7, 11) is -4.69. The van der Waals surface area contributed by atoms with Gasteiger partial charge in [0.05, 0.1) is 14.9 Å². The van der Waals surface area contributed by atoms with Crippen molar-refractivity contribution in [1.29, 1.82) is 0 Å². The minimum Gasteiger partial charge on any atom is -0.480 e. The van der Waals surface area contributed by atoms with E-state index in [0.29, 0.717) is 12.0 Å². The zero-order valence-electron chi connectivity index (χ0n) is 9.17. The maximum atomic E-state index is 10.7. The number of halogens is 1. The normalized spacial score (nSPS) is 32.4. The highest BCUT2D eigenvalue weighted by Gasteiger charge is 2.37. The van der Waals surface area contributed by atoms with Crippen molar-refractivity contribution in [2.24, 2.45) is 5.92 Å². The molecule has 1 saturated carbocycles. The second-order valence-corrected chi connectivity index (χ2v) is 5.13. The molecule has 3 atom stereocenters. The van der Waals surface area contributed by atoms with Crippen molar-refractivity contribution in [3.05, 3.63) is 0 Å². The first-order chi connectivity index (χ1) is 7.77. The van der Waals surface area contributed by atoms with Crippen LogP contribution in [-0.2, 0) is 4.79 Å². The molecule has 0 spiro atoms. The molecule has 0 aromatic rings. The van der Waals surface area contributed by atoms with E-state index in [1.165, 1.54) is 25.7 Å². The Morgan fingerprint density at radius 3 is 2.24 bits per heavy atom. The van der Waals surface area contributed by atoms with E-state index in [4.69, 9.17) is 23.7 Å². The fourth-order valence-electron chi connectivity index (χ4n) is 2.51. The molecule has 7 nitrogen and oxygen atoms in total. The van der Waals surface area contributed by atoms with Crippen LogP contribution in [-0.4, -0.2) is 27.8 Å². The van der Waals surface area contributed by atoms with Gasteiger partial charge in [0.1, 0.15) is 6.04 Å². The van der Waals surface area contributed by atoms with Crippen LogP contribution in [0.15, 0.2) is 0 Å². The number of carboxylic acid groups (broad SMARTS) is 1. The fourth-order valence-corrected chi connectivity index (χ4v) is 2.51. The van der Waals surface area contributed by atoms with Gasteiger partial charge in [-0.15, -0.1) is 0 Å². The number of aliphatic carboxylic acids is 1. The summed E-state index contributed by atoms with van der Waals surface area (Å²) >= 11 is 0. The molecule has 0 amide bonds. The van der Waals surface area contributed by atoms with Gasteiger partial charge in [0, 0.05) is 6.04 Å². The highest BCUT2D eigenvalue weighted by molar-refractivity contribution is 5.74. The third kappa shape index (κ3) is 5.62. The summed E-state index contributed by atoms with van der Waals surface area (Å²) in [4.78, 5) is 10.7. The van der Waals surface area contributed by atoms with Gasteiger partial charge in [-0.05, 0) is 25.2 Å². The Balaban J connectivity index is 0.000000249. The first kappa shape index (κ1) is 14.6. The van der Waals surface area contributed by atoms with Gasteiger partial charge in [0.2, 0.25) is 0 Å². The summed E-state index contributed by atoms with van der Waals surface area (Å²) in [6, 6.07) is 0.234. The van der Waals surface area contributed by atoms with Crippen LogP contribution in [0.1, 0.15) is 32.1 Å². The van der Waals surface area contributed by atoms with Crippen molar-refractivity contribution in [2.75, 3.05) is 0 Å². The molecule has 2 rings (SSSR count). The molecule has 0 aromatic heterocycles. The van der Waals surface area contributed by atoms with Crippen molar-refractivity contribution in [3.63, 3.8) is 0 Å². The Labute approximate surface area is 101 Å². The molecule has 2 fully saturated rings. The van der Waals surface area contributed by atoms with Crippen molar-refractivity contribution >= 4 is 5.97 Å². The molecule has 100 valence electrons. The van der Waals surface area contributed by atoms with E-state index >= 15 is 0 Å². The summed E-state index contributed by atoms with van der Waals surface area (Å²) in [5, 5.41) is 12.0. The fraction of sp³-hybridized carbons (Fsp3) is 0.889. The van der Waals surface area contributed by atoms with E-state index in [0.717, 1.165) is 6.42 Å². The Kier molecular flexibility index (Phi) is 5.11. The monoisotopic (exact) mass is 269 g/mol. The standard InChI is InChI=1S/C9H15NO2.ClHO4/c11-9(12)8-5-6-3-1-2-4-7(6)10-8;2-1(3,4)5/h6-8,10H,1-5H2,(H,11,12);(H,2,3,4,5)/t6?,7-,8?;/m0./s1. The lowest BCUT2D eigenvalue weighted by Gasteiger charge is -2.24. The van der Waals surface area contributed by atoms with E-state index in [-0.39, 0.29) is 6.04 Å². The SMILES string of the molecule is O=C(O)C1CC2CCCC[C@@H]2N1.[O-][Cl+3]([O-])([O-])O. The van der Waals surface area contributed by atoms with E-state index in [1.807, 2.05) is 0 Å². The van der Waals surface area contributed by atoms with E-state index in [1.54, 1.807) is 0 Å². The number of hydrogen-bond acceptors (Lipinski definition) is 6. The first-order valence-electron chi connectivity index (χ1n) is 5.39. The van der Waals surface area contributed by atoms with Crippen LogP contribution in [0.4, 0.5) is 0 Å². The minimum atomic E-state index is -4.69. The van der Waals surface area contributed by atoms with Crippen LogP contribution >= 0.6 is 0 Å². The van der Waals surface area contributed by atoms with E-state index < -0.39 is 16.2 Å². The zero-order valence-corrected chi connectivity index (χ0v) is 9.93. The maximum absolute atomic E-state index is 10.7. The number of nitrogens with one attached hydrogen (secondary N) is 1. The van der Waals surface area contributed by atoms with Crippen LogP contribution in [0.5, 0.6) is 0 Å². The third-order valence-electron chi connectivity index (χ3n) is 3.16. The number of hydrogen-bond donors (Lipinski definition) is 3. The number of fused-ring (bicyclic) bond motifs is 1. The van der Waals surface area contributed by atoms with Gasteiger partial charge in [-0.2, -0.15) is 14.0 Å². The summed E-state index contributed by atoms with van der Waals surface area (Å²) in [5.41, 5.74) is 0. The molecule has 1 heterocycles. The average Bonchev–Trinajstić information content (AvgIpc) is 2.58. The van der Waals surface area contributed by atoms with Gasteiger partial charge in [-0.3, -0.25) is 4.79 Å². The lowest BCUT2D eigenvalue weighted by Crippen LogP contribution is -2.58. The Bertz CT molecular complexity index is 249. The van der Waals surface area contributed by atoms with Gasteiger partial charge in [-0.1, -0.05) is 12.8 Å². The highest BCUT2D eigenvalue weighted by atomic mass is 35.7. The van der Waals surface area contributed by atoms with Crippen LogP contribution in [0.3, 0.4) is 0 Å². The van der Waals surface area contributed by atoms with Crippen LogP contribution < -0.4 is 19.3 Å². The lowest BCUT2D eigenvalue weighted by atomic mass is 9.85. The number of carbonyl (C=O) groups is 1. The molecule has 0 radical (unpaired) electrons. The van der Waals surface area contributed by atoms with E-state index in [9.17, 15) is 4.79 Å². The molecular formula is C9H16ClNO6. The zero-order chi connectivity index (χ0) is 13.1. The molecule has 3 N–H and O–H groups in total. The van der Waals surface area contributed by atoms with Gasteiger partial charge in [0.15, 0.2) is 0 Å². The molecule has 1 aliphatic heterocycles. The lowest BCUT2D eigenvalue weighted by molar-refractivity contribution is -1.92. The molecular weight excluding hydrogens is 254 g/mol. The highest BCUT2D eigenvalue weighted by Crippen LogP contribution is 2.33. The van der Waals surface area contributed by atoms with Crippen molar-refractivity contribution < 1.29 is 38.8 Å². The minimum absolute atomic E-state index is 0.266. The van der Waals surface area contributed by atoms with Crippen molar-refractivity contribution in [3.8, 4) is 0 Å². The second-order valence-electron chi connectivity index (χ2n) is 4.34. The summed E-state index contributed by atoms with van der Waals surface area (Å²) in [5.74, 6) is -0.0377. The summed E-state index contributed by atoms with van der Waals surface area (Å²) in [6.07, 6.45) is 5.80. The predicted molar refractivity (Wildman–Crippen MR) is 47.1 cm³/mol. The second kappa shape index (κ2) is 5.94. The van der Waals surface area contributed by atoms with Crippen molar-refractivity contribution in [1.82, 2.24) is 5.32 Å². The quantitative estimate of drug-likeness (QED) is 0.457. The summed E-state index contributed by atoms with van der Waals surface area (Å²) < 4.78 is 32.7. The van der Waals surface area contributed by atoms with Gasteiger partial charge in [0.25, 0.3) is 0 Å². The molecule has 1 aliphatic carbocycles. The predicted octanol–water partition coefficient (Wildman–Crippen LogP) is -3.13. The molecule has 0 bridgehead atoms. The molecule has 0 aromatic carbocycles. The first-order valence-corrected chi connectivity index (χ1v) is 6.66. The largest absolute Gasteiger partial charge is 0.480 e. The Morgan fingerprint density at radius 2 is 1.76 bits per heavy atom. The van der Waals surface area contributed by atoms with E-state index in [2.05, 4.69) is 5.32 Å². The molecule has 17 heavy (non-hydrogen) atoms. The summed E-state index contributed by atoms with van der Waals surface area (Å²) in [6.45, 7) is 0. The van der Waals surface area contributed by atoms with Crippen LogP contribution in [0, 0.1) is 16.2 Å². The Hall–Kier alpha value is -0.440. The third-order valence-corrected chi connectivity index (χ3v) is 3.16. The topological polar surface area (TPSA) is 139 Å². The van der Waals surface area contributed by atoms with Gasteiger partial charge >= 0.3 is 5.97 Å². The van der Waals surface area contributed by atoms with Crippen molar-refractivity contribution in [2.45, 2.75) is 44.2 Å².